The fraction of sp³-hybridized carbons (Fsp3) is 0.333. The Morgan fingerprint density at radius 3 is 2.67 bits per heavy atom. The SMILES string of the molecule is C[C@H](NC(=O)[C@H]1CCCN1Cc1cccc(F)c1)c1ccc(C(=O)[O-])cc1. The summed E-state index contributed by atoms with van der Waals surface area (Å²) in [6.07, 6.45) is 1.68. The molecule has 0 aliphatic carbocycles. The molecule has 1 heterocycles. The third-order valence-corrected chi connectivity index (χ3v) is 4.95. The summed E-state index contributed by atoms with van der Waals surface area (Å²) in [4.78, 5) is 25.6. The molecule has 1 saturated heterocycles. The number of aromatic carboxylic acids is 1. The second-order valence-corrected chi connectivity index (χ2v) is 6.90. The van der Waals surface area contributed by atoms with Crippen LogP contribution in [0.25, 0.3) is 0 Å². The van der Waals surface area contributed by atoms with Crippen molar-refractivity contribution in [3.63, 3.8) is 0 Å². The number of carbonyl (C=O) groups is 2. The van der Waals surface area contributed by atoms with Crippen molar-refractivity contribution in [3.8, 4) is 0 Å². The Morgan fingerprint density at radius 1 is 1.26 bits per heavy atom. The maximum absolute atomic E-state index is 13.4. The van der Waals surface area contributed by atoms with E-state index in [4.69, 9.17) is 0 Å². The first-order valence-corrected chi connectivity index (χ1v) is 9.04. The molecule has 0 aromatic heterocycles. The molecule has 6 heteroatoms. The standard InChI is InChI=1S/C21H23FN2O3/c1-14(16-7-9-17(10-8-16)21(26)27)23-20(25)19-6-3-11-24(19)13-15-4-2-5-18(22)12-15/h2,4-5,7-10,12,14,19H,3,6,11,13H2,1H3,(H,23,25)(H,26,27)/p-1/t14-,19+/m0/s1. The van der Waals surface area contributed by atoms with Crippen LogP contribution in [-0.2, 0) is 11.3 Å². The Kier molecular flexibility index (Phi) is 5.86. The third-order valence-electron chi connectivity index (χ3n) is 4.95. The molecule has 142 valence electrons. The minimum atomic E-state index is -1.22. The van der Waals surface area contributed by atoms with Crippen LogP contribution in [0.15, 0.2) is 48.5 Å². The van der Waals surface area contributed by atoms with Gasteiger partial charge in [0.25, 0.3) is 0 Å². The molecule has 2 aromatic rings. The lowest BCUT2D eigenvalue weighted by Gasteiger charge is -2.25. The maximum Gasteiger partial charge on any atom is 0.237 e. The molecule has 27 heavy (non-hydrogen) atoms. The van der Waals surface area contributed by atoms with E-state index in [1.165, 1.54) is 24.3 Å². The maximum atomic E-state index is 13.4. The van der Waals surface area contributed by atoms with Gasteiger partial charge in [0.05, 0.1) is 18.1 Å². The molecular weight excluding hydrogens is 347 g/mol. The van der Waals surface area contributed by atoms with Crippen LogP contribution in [0.4, 0.5) is 4.39 Å². The molecular formula is C21H22FN2O3-. The van der Waals surface area contributed by atoms with Crippen molar-refractivity contribution in [1.82, 2.24) is 10.2 Å². The van der Waals surface area contributed by atoms with E-state index in [9.17, 15) is 19.1 Å². The van der Waals surface area contributed by atoms with Gasteiger partial charge in [-0.15, -0.1) is 0 Å². The van der Waals surface area contributed by atoms with Crippen molar-refractivity contribution in [3.05, 3.63) is 71.0 Å². The minimum absolute atomic E-state index is 0.0691. The Labute approximate surface area is 157 Å². The number of carbonyl (C=O) groups excluding carboxylic acids is 2. The quantitative estimate of drug-likeness (QED) is 0.846. The zero-order valence-corrected chi connectivity index (χ0v) is 15.2. The highest BCUT2D eigenvalue weighted by Crippen LogP contribution is 2.22. The second-order valence-electron chi connectivity index (χ2n) is 6.90. The molecule has 0 radical (unpaired) electrons. The average Bonchev–Trinajstić information content (AvgIpc) is 3.10. The van der Waals surface area contributed by atoms with Crippen molar-refractivity contribution < 1.29 is 19.1 Å². The molecule has 3 rings (SSSR count). The highest BCUT2D eigenvalue weighted by atomic mass is 19.1. The number of likely N-dealkylation sites (tertiary alicyclic amines) is 1. The van der Waals surface area contributed by atoms with E-state index >= 15 is 0 Å². The Bertz CT molecular complexity index is 822. The van der Waals surface area contributed by atoms with Crippen molar-refractivity contribution in [2.24, 2.45) is 0 Å². The van der Waals surface area contributed by atoms with E-state index in [1.807, 2.05) is 13.0 Å². The summed E-state index contributed by atoms with van der Waals surface area (Å²) in [7, 11) is 0. The summed E-state index contributed by atoms with van der Waals surface area (Å²) in [5.74, 6) is -1.57. The van der Waals surface area contributed by atoms with Crippen LogP contribution in [0.5, 0.6) is 0 Å². The number of halogens is 1. The molecule has 0 unspecified atom stereocenters. The Balaban J connectivity index is 1.62. The van der Waals surface area contributed by atoms with Gasteiger partial charge in [-0.25, -0.2) is 4.39 Å². The zero-order chi connectivity index (χ0) is 19.4. The summed E-state index contributed by atoms with van der Waals surface area (Å²) in [6, 6.07) is 12.2. The summed E-state index contributed by atoms with van der Waals surface area (Å²) >= 11 is 0. The van der Waals surface area contributed by atoms with E-state index < -0.39 is 5.97 Å². The molecule has 5 nitrogen and oxygen atoms in total. The number of carboxylic acids is 1. The summed E-state index contributed by atoms with van der Waals surface area (Å²) in [5, 5.41) is 13.8. The van der Waals surface area contributed by atoms with Crippen molar-refractivity contribution >= 4 is 11.9 Å². The highest BCUT2D eigenvalue weighted by Gasteiger charge is 2.31. The van der Waals surface area contributed by atoms with Gasteiger partial charge in [0.1, 0.15) is 5.82 Å². The van der Waals surface area contributed by atoms with Crippen molar-refractivity contribution in [2.45, 2.75) is 38.4 Å². The number of rotatable bonds is 6. The van der Waals surface area contributed by atoms with E-state index in [0.717, 1.165) is 30.5 Å². The van der Waals surface area contributed by atoms with Gasteiger partial charge in [-0.1, -0.05) is 36.4 Å². The van der Waals surface area contributed by atoms with Crippen molar-refractivity contribution in [2.75, 3.05) is 6.54 Å². The summed E-state index contributed by atoms with van der Waals surface area (Å²) < 4.78 is 13.4. The van der Waals surface area contributed by atoms with Crippen molar-refractivity contribution in [1.29, 1.82) is 0 Å². The number of nitrogens with one attached hydrogen (secondary N) is 1. The lowest BCUT2D eigenvalue weighted by Crippen LogP contribution is -2.43. The molecule has 2 atom stereocenters. The first kappa shape index (κ1) is 19.0. The van der Waals surface area contributed by atoms with E-state index in [2.05, 4.69) is 10.2 Å². The Morgan fingerprint density at radius 2 is 2.00 bits per heavy atom. The molecule has 2 aromatic carbocycles. The van der Waals surface area contributed by atoms with E-state index in [0.29, 0.717) is 6.54 Å². The number of hydrogen-bond acceptors (Lipinski definition) is 4. The van der Waals surface area contributed by atoms with Gasteiger partial charge < -0.3 is 15.2 Å². The topological polar surface area (TPSA) is 72.5 Å². The lowest BCUT2D eigenvalue weighted by molar-refractivity contribution is -0.255. The monoisotopic (exact) mass is 369 g/mol. The number of carboxylic acid groups (broad SMARTS) is 1. The minimum Gasteiger partial charge on any atom is -0.545 e. The van der Waals surface area contributed by atoms with Gasteiger partial charge in [0, 0.05) is 6.54 Å². The summed E-state index contributed by atoms with van der Waals surface area (Å²) in [6.45, 7) is 3.19. The van der Waals surface area contributed by atoms with Crippen LogP contribution in [0.2, 0.25) is 0 Å². The molecule has 1 fully saturated rings. The molecule has 1 aliphatic heterocycles. The van der Waals surface area contributed by atoms with Gasteiger partial charge in [0.2, 0.25) is 5.91 Å². The number of nitrogens with zero attached hydrogens (tertiary/aromatic N) is 1. The highest BCUT2D eigenvalue weighted by molar-refractivity contribution is 5.86. The fourth-order valence-electron chi connectivity index (χ4n) is 3.48. The van der Waals surface area contributed by atoms with Gasteiger partial charge in [-0.05, 0) is 55.1 Å². The third kappa shape index (κ3) is 4.71. The largest absolute Gasteiger partial charge is 0.545 e. The van der Waals surface area contributed by atoms with Crippen LogP contribution in [0, 0.1) is 5.82 Å². The van der Waals surface area contributed by atoms with Gasteiger partial charge in [0.15, 0.2) is 0 Å². The molecule has 0 bridgehead atoms. The smallest absolute Gasteiger partial charge is 0.237 e. The van der Waals surface area contributed by atoms with Crippen LogP contribution < -0.4 is 10.4 Å². The molecule has 1 N–H and O–H groups in total. The van der Waals surface area contributed by atoms with E-state index in [-0.39, 0.29) is 29.4 Å². The predicted octanol–water partition coefficient (Wildman–Crippen LogP) is 2.03. The normalized spacial score (nSPS) is 18.2. The molecule has 0 spiro atoms. The van der Waals surface area contributed by atoms with Gasteiger partial charge in [-0.2, -0.15) is 0 Å². The molecule has 1 amide bonds. The average molecular weight is 369 g/mol. The van der Waals surface area contributed by atoms with Gasteiger partial charge in [-0.3, -0.25) is 9.69 Å². The van der Waals surface area contributed by atoms with E-state index in [1.54, 1.807) is 18.2 Å². The van der Waals surface area contributed by atoms with Gasteiger partial charge >= 0.3 is 0 Å². The van der Waals surface area contributed by atoms with Crippen LogP contribution in [0.3, 0.4) is 0 Å². The molecule has 0 saturated carbocycles. The first-order valence-electron chi connectivity index (χ1n) is 9.04. The second kappa shape index (κ2) is 8.31. The van der Waals surface area contributed by atoms with Crippen LogP contribution >= 0.6 is 0 Å². The Hall–Kier alpha value is -2.73. The molecule has 1 aliphatic rings. The summed E-state index contributed by atoms with van der Waals surface area (Å²) in [5.41, 5.74) is 1.78. The number of amides is 1. The number of benzene rings is 2. The zero-order valence-electron chi connectivity index (χ0n) is 15.2. The van der Waals surface area contributed by atoms with Crippen LogP contribution in [0.1, 0.15) is 47.3 Å². The first-order chi connectivity index (χ1) is 12.9. The number of hydrogen-bond donors (Lipinski definition) is 1. The lowest BCUT2D eigenvalue weighted by atomic mass is 10.1. The fourth-order valence-corrected chi connectivity index (χ4v) is 3.48. The van der Waals surface area contributed by atoms with Crippen LogP contribution in [-0.4, -0.2) is 29.4 Å². The predicted molar refractivity (Wildman–Crippen MR) is 97.2 cm³/mol.